The molecule has 0 saturated heterocycles. The zero-order chi connectivity index (χ0) is 13.9. The first-order valence-corrected chi connectivity index (χ1v) is 7.10. The minimum Gasteiger partial charge on any atom is -0.420 e. The molecule has 0 amide bonds. The van der Waals surface area contributed by atoms with Gasteiger partial charge in [0.2, 0.25) is 5.89 Å². The smallest absolute Gasteiger partial charge is 0.261 e. The number of hydrogen-bond acceptors (Lipinski definition) is 7. The summed E-state index contributed by atoms with van der Waals surface area (Å²) in [5.41, 5.74) is 0.825. The minimum absolute atomic E-state index is 0.0803. The molecule has 0 aromatic carbocycles. The molecule has 2 aromatic heterocycles. The predicted octanol–water partition coefficient (Wildman–Crippen LogP) is 2.04. The van der Waals surface area contributed by atoms with Gasteiger partial charge < -0.3 is 9.73 Å². The lowest BCUT2D eigenvalue weighted by Gasteiger charge is -2.14. The van der Waals surface area contributed by atoms with Crippen molar-refractivity contribution in [1.29, 1.82) is 0 Å². The number of rotatable bonds is 5. The van der Waals surface area contributed by atoms with Gasteiger partial charge in [-0.05, 0) is 31.5 Å². The molecule has 0 unspecified atom stereocenters. The first kappa shape index (κ1) is 14.1. The molecule has 6 nitrogen and oxygen atoms in total. The van der Waals surface area contributed by atoms with Crippen molar-refractivity contribution >= 4 is 11.5 Å². The Bertz CT molecular complexity index is 528. The van der Waals surface area contributed by atoms with Gasteiger partial charge in [-0.15, -0.1) is 15.3 Å². The highest BCUT2D eigenvalue weighted by atomic mass is 32.1. The van der Waals surface area contributed by atoms with Gasteiger partial charge in [0.25, 0.3) is 5.89 Å². The molecule has 0 saturated carbocycles. The first-order chi connectivity index (χ1) is 9.02. The summed E-state index contributed by atoms with van der Waals surface area (Å²) >= 11 is 1.30. The van der Waals surface area contributed by atoms with Crippen molar-refractivity contribution in [3.63, 3.8) is 0 Å². The molecule has 0 radical (unpaired) electrons. The van der Waals surface area contributed by atoms with Gasteiger partial charge in [0.05, 0.1) is 5.69 Å². The van der Waals surface area contributed by atoms with E-state index in [4.69, 9.17) is 4.42 Å². The van der Waals surface area contributed by atoms with Gasteiger partial charge in [0, 0.05) is 11.8 Å². The Hall–Kier alpha value is -1.34. The molecule has 1 N–H and O–H groups in total. The fraction of sp³-hybridized carbons (Fsp3) is 0.667. The Labute approximate surface area is 116 Å². The maximum absolute atomic E-state index is 5.69. The van der Waals surface area contributed by atoms with Crippen molar-refractivity contribution in [3.05, 3.63) is 11.6 Å². The van der Waals surface area contributed by atoms with Crippen molar-refractivity contribution in [2.45, 2.75) is 39.0 Å². The van der Waals surface area contributed by atoms with Crippen LogP contribution < -0.4 is 5.32 Å². The predicted molar refractivity (Wildman–Crippen MR) is 74.1 cm³/mol. The highest BCUT2D eigenvalue weighted by molar-refractivity contribution is 7.09. The molecular weight excluding hydrogens is 262 g/mol. The topological polar surface area (TPSA) is 76.7 Å². The third kappa shape index (κ3) is 3.36. The lowest BCUT2D eigenvalue weighted by Crippen LogP contribution is -2.13. The molecule has 2 rings (SSSR count). The number of nitrogens with zero attached hydrogens (tertiary/aromatic N) is 4. The van der Waals surface area contributed by atoms with Crippen LogP contribution in [0.1, 0.15) is 38.8 Å². The van der Waals surface area contributed by atoms with Crippen molar-refractivity contribution in [3.8, 4) is 10.8 Å². The summed E-state index contributed by atoms with van der Waals surface area (Å²) in [5, 5.41) is 15.5. The summed E-state index contributed by atoms with van der Waals surface area (Å²) in [6, 6.07) is 0. The van der Waals surface area contributed by atoms with Crippen LogP contribution in [-0.2, 0) is 11.8 Å². The fourth-order valence-electron chi connectivity index (χ4n) is 1.68. The number of hydrogen-bond donors (Lipinski definition) is 1. The molecule has 104 valence electrons. The quantitative estimate of drug-likeness (QED) is 0.845. The van der Waals surface area contributed by atoms with Gasteiger partial charge in [0.15, 0.2) is 0 Å². The van der Waals surface area contributed by atoms with Gasteiger partial charge in [0.1, 0.15) is 4.88 Å². The number of aromatic nitrogens is 4. The van der Waals surface area contributed by atoms with Gasteiger partial charge in [-0.25, -0.2) is 0 Å². The van der Waals surface area contributed by atoms with Crippen molar-refractivity contribution in [2.24, 2.45) is 0 Å². The van der Waals surface area contributed by atoms with Crippen LogP contribution in [0.3, 0.4) is 0 Å². The van der Waals surface area contributed by atoms with E-state index in [1.165, 1.54) is 11.5 Å². The summed E-state index contributed by atoms with van der Waals surface area (Å²) in [6.45, 7) is 7.22. The van der Waals surface area contributed by atoms with E-state index in [-0.39, 0.29) is 5.41 Å². The molecule has 0 bridgehead atoms. The largest absolute Gasteiger partial charge is 0.420 e. The summed E-state index contributed by atoms with van der Waals surface area (Å²) in [5.74, 6) is 1.19. The lowest BCUT2D eigenvalue weighted by atomic mass is 9.91. The standard InChI is InChI=1S/C12H19N5OS/c1-12(2,3)10-9(19-17-15-10)11-16-14-8(18-11)6-5-7-13-4/h13H,5-7H2,1-4H3. The Balaban J connectivity index is 2.17. The maximum Gasteiger partial charge on any atom is 0.261 e. The van der Waals surface area contributed by atoms with Crippen LogP contribution in [-0.4, -0.2) is 33.4 Å². The van der Waals surface area contributed by atoms with E-state index in [2.05, 4.69) is 45.9 Å². The van der Waals surface area contributed by atoms with Crippen LogP contribution in [0.25, 0.3) is 10.8 Å². The molecule has 2 heterocycles. The van der Waals surface area contributed by atoms with Crippen molar-refractivity contribution in [1.82, 2.24) is 25.1 Å². The van der Waals surface area contributed by atoms with Gasteiger partial charge >= 0.3 is 0 Å². The first-order valence-electron chi connectivity index (χ1n) is 6.32. The van der Waals surface area contributed by atoms with Crippen LogP contribution in [0.15, 0.2) is 4.42 Å². The van der Waals surface area contributed by atoms with Crippen molar-refractivity contribution in [2.75, 3.05) is 13.6 Å². The van der Waals surface area contributed by atoms with E-state index < -0.39 is 0 Å². The summed E-state index contributed by atoms with van der Waals surface area (Å²) in [6.07, 6.45) is 1.76. The Kier molecular flexibility index (Phi) is 4.26. The third-order valence-corrected chi connectivity index (χ3v) is 3.39. The molecule has 0 aliphatic carbocycles. The second-order valence-corrected chi connectivity index (χ2v) is 6.16. The average molecular weight is 281 g/mol. The Morgan fingerprint density at radius 1 is 1.21 bits per heavy atom. The minimum atomic E-state index is -0.0803. The molecule has 0 fully saturated rings. The molecule has 7 heteroatoms. The highest BCUT2D eigenvalue weighted by Gasteiger charge is 2.26. The van der Waals surface area contributed by atoms with Crippen LogP contribution in [0, 0.1) is 0 Å². The molecule has 2 aromatic rings. The lowest BCUT2D eigenvalue weighted by molar-refractivity contribution is 0.492. The van der Waals surface area contributed by atoms with E-state index in [0.717, 1.165) is 30.0 Å². The molecule has 0 aliphatic rings. The highest BCUT2D eigenvalue weighted by Crippen LogP contribution is 2.33. The second-order valence-electron chi connectivity index (χ2n) is 5.41. The van der Waals surface area contributed by atoms with Crippen LogP contribution in [0.4, 0.5) is 0 Å². The molecule has 0 aliphatic heterocycles. The van der Waals surface area contributed by atoms with E-state index in [9.17, 15) is 0 Å². The Morgan fingerprint density at radius 2 is 2.00 bits per heavy atom. The number of nitrogens with one attached hydrogen (secondary N) is 1. The van der Waals surface area contributed by atoms with E-state index >= 15 is 0 Å². The second kappa shape index (κ2) is 5.75. The third-order valence-electron chi connectivity index (χ3n) is 2.68. The normalized spacial score (nSPS) is 12.0. The fourth-order valence-corrected chi connectivity index (χ4v) is 2.48. The van der Waals surface area contributed by atoms with Gasteiger partial charge in [-0.1, -0.05) is 25.3 Å². The van der Waals surface area contributed by atoms with Gasteiger partial charge in [-0.2, -0.15) is 0 Å². The SMILES string of the molecule is CNCCCc1nnc(-c2snnc2C(C)(C)C)o1. The molecule has 0 spiro atoms. The average Bonchev–Trinajstić information content (AvgIpc) is 2.96. The van der Waals surface area contributed by atoms with E-state index in [1.54, 1.807) is 0 Å². The van der Waals surface area contributed by atoms with Crippen LogP contribution in [0.2, 0.25) is 0 Å². The summed E-state index contributed by atoms with van der Waals surface area (Å²) in [4.78, 5) is 0.875. The maximum atomic E-state index is 5.69. The zero-order valence-corrected chi connectivity index (χ0v) is 12.5. The van der Waals surface area contributed by atoms with Crippen LogP contribution in [0.5, 0.6) is 0 Å². The van der Waals surface area contributed by atoms with E-state index in [0.29, 0.717) is 11.8 Å². The van der Waals surface area contributed by atoms with E-state index in [1.807, 2.05) is 7.05 Å². The van der Waals surface area contributed by atoms with Crippen LogP contribution >= 0.6 is 11.5 Å². The summed E-state index contributed by atoms with van der Waals surface area (Å²) in [7, 11) is 1.93. The molecular formula is C12H19N5OS. The van der Waals surface area contributed by atoms with Crippen molar-refractivity contribution < 1.29 is 4.42 Å². The zero-order valence-electron chi connectivity index (χ0n) is 11.7. The Morgan fingerprint density at radius 3 is 2.68 bits per heavy atom. The molecule has 0 atom stereocenters. The molecule has 19 heavy (non-hydrogen) atoms. The van der Waals surface area contributed by atoms with Gasteiger partial charge in [-0.3, -0.25) is 0 Å². The monoisotopic (exact) mass is 281 g/mol. The number of aryl methyl sites for hydroxylation is 1. The summed E-state index contributed by atoms with van der Waals surface area (Å²) < 4.78 is 9.69.